The van der Waals surface area contributed by atoms with Gasteiger partial charge in [-0.3, -0.25) is 14.5 Å². The molecule has 30 heavy (non-hydrogen) atoms. The highest BCUT2D eigenvalue weighted by molar-refractivity contribution is 8.26. The zero-order valence-corrected chi connectivity index (χ0v) is 17.7. The molecule has 1 fully saturated rings. The van der Waals surface area contributed by atoms with Crippen molar-refractivity contribution in [3.8, 4) is 5.75 Å². The Labute approximate surface area is 182 Å². The van der Waals surface area contributed by atoms with Crippen molar-refractivity contribution in [3.63, 3.8) is 0 Å². The number of thiocarbonyl (C=S) groups is 1. The summed E-state index contributed by atoms with van der Waals surface area (Å²) in [5.41, 5.74) is 2.54. The van der Waals surface area contributed by atoms with Crippen LogP contribution in [0.4, 0.5) is 0 Å². The van der Waals surface area contributed by atoms with Crippen LogP contribution in [-0.4, -0.2) is 37.9 Å². The molecular formula is C22H18N2O4S2. The summed E-state index contributed by atoms with van der Waals surface area (Å²) >= 11 is 6.69. The van der Waals surface area contributed by atoms with E-state index in [2.05, 4.69) is 0 Å². The van der Waals surface area contributed by atoms with Crippen LogP contribution in [0.2, 0.25) is 0 Å². The van der Waals surface area contributed by atoms with Crippen LogP contribution in [-0.2, 0) is 22.7 Å². The molecule has 0 atom stereocenters. The van der Waals surface area contributed by atoms with Crippen LogP contribution in [0.1, 0.15) is 11.1 Å². The first-order valence-corrected chi connectivity index (χ1v) is 10.4. The molecule has 0 radical (unpaired) electrons. The number of hydrogen-bond acceptors (Lipinski definition) is 5. The lowest BCUT2D eigenvalue weighted by Gasteiger charge is -2.14. The van der Waals surface area contributed by atoms with Crippen molar-refractivity contribution >= 4 is 57.2 Å². The second kappa shape index (κ2) is 8.33. The number of carbonyl (C=O) groups excluding carboxylic acids is 1. The van der Waals surface area contributed by atoms with Crippen molar-refractivity contribution in [2.24, 2.45) is 0 Å². The average molecular weight is 439 g/mol. The maximum Gasteiger partial charge on any atom is 0.323 e. The monoisotopic (exact) mass is 438 g/mol. The highest BCUT2D eigenvalue weighted by atomic mass is 32.2. The van der Waals surface area contributed by atoms with E-state index in [4.69, 9.17) is 17.0 Å². The standard InChI is InChI=1S/C22H18N2O4S2/c1-28-16-8-6-14(7-9-16)11-24-21(27)19(30-22(24)29)10-15-12-23(13-20(25)26)18-5-3-2-4-17(15)18/h2-10,12H,11,13H2,1H3,(H,25,26)/b19-10-. The smallest absolute Gasteiger partial charge is 0.323 e. The largest absolute Gasteiger partial charge is 0.497 e. The molecule has 1 aromatic heterocycles. The Bertz CT molecular complexity index is 1180. The van der Waals surface area contributed by atoms with Gasteiger partial charge in [0.1, 0.15) is 16.6 Å². The van der Waals surface area contributed by atoms with E-state index in [1.54, 1.807) is 28.8 Å². The number of aliphatic carboxylic acids is 1. The number of ether oxygens (including phenoxy) is 1. The molecule has 1 aliphatic heterocycles. The molecule has 1 N–H and O–H groups in total. The van der Waals surface area contributed by atoms with Crippen molar-refractivity contribution in [3.05, 3.63) is 70.8 Å². The van der Waals surface area contributed by atoms with Gasteiger partial charge in [0.05, 0.1) is 18.6 Å². The van der Waals surface area contributed by atoms with E-state index < -0.39 is 5.97 Å². The molecule has 0 saturated carbocycles. The number of para-hydroxylation sites is 1. The highest BCUT2D eigenvalue weighted by Crippen LogP contribution is 2.35. The van der Waals surface area contributed by atoms with Gasteiger partial charge >= 0.3 is 5.97 Å². The van der Waals surface area contributed by atoms with E-state index in [0.29, 0.717) is 15.8 Å². The number of carboxylic acids is 1. The fourth-order valence-electron chi connectivity index (χ4n) is 3.36. The van der Waals surface area contributed by atoms with Gasteiger partial charge in [-0.05, 0) is 29.8 Å². The lowest BCUT2D eigenvalue weighted by Crippen LogP contribution is -2.27. The topological polar surface area (TPSA) is 71.8 Å². The van der Waals surface area contributed by atoms with Crippen molar-refractivity contribution < 1.29 is 19.4 Å². The Kier molecular flexibility index (Phi) is 5.61. The SMILES string of the molecule is COc1ccc(CN2C(=O)/C(=C/c3cn(CC(=O)O)c4ccccc34)SC2=S)cc1. The summed E-state index contributed by atoms with van der Waals surface area (Å²) in [5.74, 6) is -0.328. The van der Waals surface area contributed by atoms with Gasteiger partial charge in [-0.2, -0.15) is 0 Å². The van der Waals surface area contributed by atoms with Gasteiger partial charge in [-0.25, -0.2) is 0 Å². The van der Waals surface area contributed by atoms with Gasteiger partial charge in [-0.15, -0.1) is 0 Å². The molecule has 6 nitrogen and oxygen atoms in total. The zero-order chi connectivity index (χ0) is 21.3. The van der Waals surface area contributed by atoms with E-state index in [1.807, 2.05) is 48.5 Å². The number of nitrogens with zero attached hydrogens (tertiary/aromatic N) is 2. The quantitative estimate of drug-likeness (QED) is 0.461. The molecular weight excluding hydrogens is 420 g/mol. The maximum absolute atomic E-state index is 13.0. The molecule has 4 rings (SSSR count). The van der Waals surface area contributed by atoms with Crippen LogP contribution in [0, 0.1) is 0 Å². The van der Waals surface area contributed by atoms with E-state index in [1.165, 1.54) is 11.8 Å². The average Bonchev–Trinajstić information content (AvgIpc) is 3.20. The van der Waals surface area contributed by atoms with Crippen LogP contribution in [0.3, 0.4) is 0 Å². The Morgan fingerprint density at radius 1 is 1.20 bits per heavy atom. The van der Waals surface area contributed by atoms with E-state index in [-0.39, 0.29) is 12.5 Å². The fraction of sp³-hybridized carbons (Fsp3) is 0.136. The summed E-state index contributed by atoms with van der Waals surface area (Å²) in [4.78, 5) is 26.3. The van der Waals surface area contributed by atoms with Crippen LogP contribution < -0.4 is 4.74 Å². The molecule has 152 valence electrons. The van der Waals surface area contributed by atoms with Crippen molar-refractivity contribution in [2.45, 2.75) is 13.1 Å². The maximum atomic E-state index is 13.0. The van der Waals surface area contributed by atoms with Gasteiger partial charge < -0.3 is 14.4 Å². The van der Waals surface area contributed by atoms with E-state index >= 15 is 0 Å². The fourth-order valence-corrected chi connectivity index (χ4v) is 4.60. The molecule has 0 aliphatic carbocycles. The summed E-state index contributed by atoms with van der Waals surface area (Å²) < 4.78 is 7.33. The normalized spacial score (nSPS) is 15.4. The third-order valence-electron chi connectivity index (χ3n) is 4.78. The number of benzene rings is 2. The van der Waals surface area contributed by atoms with Gasteiger partial charge in [0, 0.05) is 22.7 Å². The number of methoxy groups -OCH3 is 1. The van der Waals surface area contributed by atoms with Crippen LogP contribution >= 0.6 is 24.0 Å². The number of fused-ring (bicyclic) bond motifs is 1. The molecule has 1 amide bonds. The number of aromatic nitrogens is 1. The highest BCUT2D eigenvalue weighted by Gasteiger charge is 2.32. The zero-order valence-electron chi connectivity index (χ0n) is 16.1. The molecule has 0 spiro atoms. The second-order valence-corrected chi connectivity index (χ2v) is 8.41. The van der Waals surface area contributed by atoms with Gasteiger partial charge in [0.25, 0.3) is 5.91 Å². The molecule has 0 unspecified atom stereocenters. The number of carboxylic acid groups (broad SMARTS) is 1. The first-order valence-electron chi connectivity index (χ1n) is 9.14. The minimum absolute atomic E-state index is 0.146. The summed E-state index contributed by atoms with van der Waals surface area (Å²) in [6, 6.07) is 15.0. The Hall–Kier alpha value is -3.10. The lowest BCUT2D eigenvalue weighted by molar-refractivity contribution is -0.137. The minimum Gasteiger partial charge on any atom is -0.497 e. The van der Waals surface area contributed by atoms with E-state index in [0.717, 1.165) is 27.8 Å². The third kappa shape index (κ3) is 3.96. The molecule has 2 aromatic carbocycles. The van der Waals surface area contributed by atoms with E-state index in [9.17, 15) is 14.7 Å². The lowest BCUT2D eigenvalue weighted by atomic mass is 10.1. The first kappa shape index (κ1) is 20.2. The number of hydrogen-bond donors (Lipinski definition) is 1. The molecule has 2 heterocycles. The predicted molar refractivity (Wildman–Crippen MR) is 121 cm³/mol. The first-order chi connectivity index (χ1) is 14.5. The summed E-state index contributed by atoms with van der Waals surface area (Å²) in [6.45, 7) is 0.236. The summed E-state index contributed by atoms with van der Waals surface area (Å²) in [5, 5.41) is 10.1. The molecule has 0 bridgehead atoms. The number of amides is 1. The third-order valence-corrected chi connectivity index (χ3v) is 6.16. The van der Waals surface area contributed by atoms with Gasteiger partial charge in [-0.1, -0.05) is 54.3 Å². The van der Waals surface area contributed by atoms with Crippen molar-refractivity contribution in [1.82, 2.24) is 9.47 Å². The Morgan fingerprint density at radius 3 is 2.63 bits per heavy atom. The summed E-state index contributed by atoms with van der Waals surface area (Å²) in [6.07, 6.45) is 3.54. The number of thioether (sulfide) groups is 1. The van der Waals surface area contributed by atoms with Gasteiger partial charge in [0.2, 0.25) is 0 Å². The van der Waals surface area contributed by atoms with Crippen LogP contribution in [0.15, 0.2) is 59.6 Å². The van der Waals surface area contributed by atoms with Gasteiger partial charge in [0.15, 0.2) is 0 Å². The molecule has 1 saturated heterocycles. The number of rotatable bonds is 6. The summed E-state index contributed by atoms with van der Waals surface area (Å²) in [7, 11) is 1.61. The Morgan fingerprint density at radius 2 is 1.93 bits per heavy atom. The molecule has 3 aromatic rings. The molecule has 1 aliphatic rings. The van der Waals surface area contributed by atoms with Crippen LogP contribution in [0.5, 0.6) is 5.75 Å². The van der Waals surface area contributed by atoms with Crippen molar-refractivity contribution in [1.29, 1.82) is 0 Å². The minimum atomic E-state index is -0.923. The Balaban J connectivity index is 1.62. The van der Waals surface area contributed by atoms with Crippen molar-refractivity contribution in [2.75, 3.05) is 7.11 Å². The number of carbonyl (C=O) groups is 2. The predicted octanol–water partition coefficient (Wildman–Crippen LogP) is 4.14. The van der Waals surface area contributed by atoms with Crippen LogP contribution in [0.25, 0.3) is 17.0 Å². The second-order valence-electron chi connectivity index (χ2n) is 6.74. The molecule has 8 heteroatoms.